The van der Waals surface area contributed by atoms with Gasteiger partial charge in [-0.15, -0.1) is 0 Å². The van der Waals surface area contributed by atoms with E-state index in [4.69, 9.17) is 0 Å². The molecule has 3 aromatic carbocycles. The Kier molecular flexibility index (Phi) is 22.3. The van der Waals surface area contributed by atoms with Crippen molar-refractivity contribution in [2.45, 2.75) is 114 Å². The quantitative estimate of drug-likeness (QED) is 0.0231. The van der Waals surface area contributed by atoms with E-state index in [1.165, 1.54) is 0 Å². The summed E-state index contributed by atoms with van der Waals surface area (Å²) in [5.74, 6) is -3.92. The first-order valence-electron chi connectivity index (χ1n) is 24.1. The van der Waals surface area contributed by atoms with Crippen LogP contribution in [-0.2, 0) is 40.7 Å². The van der Waals surface area contributed by atoms with Crippen LogP contribution in [0.2, 0.25) is 0 Å². The second kappa shape index (κ2) is 26.3. The van der Waals surface area contributed by atoms with Crippen LogP contribution >= 0.6 is 147 Å². The summed E-state index contributed by atoms with van der Waals surface area (Å²) in [5, 5.41) is 20.5. The number of rotatable bonds is 23. The highest BCUT2D eigenvalue weighted by Gasteiger charge is 2.54. The minimum absolute atomic E-state index is 0.0833. The summed E-state index contributed by atoms with van der Waals surface area (Å²) in [4.78, 5) is 30.6. The van der Waals surface area contributed by atoms with Gasteiger partial charge in [0.25, 0.3) is 20.2 Å². The highest BCUT2D eigenvalue weighted by atomic mass is 127. The molecule has 1 aliphatic carbocycles. The Bertz CT molecular complexity index is 3090. The molecular weight excluding hydrogens is 1680 g/mol. The van der Waals surface area contributed by atoms with E-state index < -0.39 is 60.6 Å². The second-order valence-corrected chi connectivity index (χ2v) is 30.1. The third-order valence-electron chi connectivity index (χ3n) is 14.0. The fourth-order valence-corrected chi connectivity index (χ4v) is 17.9. The van der Waals surface area contributed by atoms with Crippen LogP contribution in [-0.4, -0.2) is 90.6 Å². The van der Waals surface area contributed by atoms with Gasteiger partial charge < -0.3 is 20.0 Å². The normalized spacial score (nSPS) is 20.6. The van der Waals surface area contributed by atoms with Crippen molar-refractivity contribution in [2.24, 2.45) is 5.92 Å². The van der Waals surface area contributed by atoms with Gasteiger partial charge in [0.1, 0.15) is 6.54 Å². The molecule has 4 N–H and O–H groups in total. The van der Waals surface area contributed by atoms with E-state index in [1.807, 2.05) is 51.1 Å². The van der Waals surface area contributed by atoms with Crippen molar-refractivity contribution in [3.63, 3.8) is 0 Å². The molecule has 22 heteroatoms. The Morgan fingerprint density at radius 3 is 2.07 bits per heavy atom. The summed E-state index contributed by atoms with van der Waals surface area (Å²) >= 11 is 15.5. The Balaban J connectivity index is 1.61. The molecule has 0 radical (unpaired) electrons. The highest BCUT2D eigenvalue weighted by Crippen LogP contribution is 2.57. The predicted molar refractivity (Wildman–Crippen MR) is 348 cm³/mol. The van der Waals surface area contributed by atoms with Crippen molar-refractivity contribution >= 4 is 202 Å². The minimum Gasteiger partial charge on any atom is -0.481 e. The number of carbonyl (C=O) groups is 2. The number of benzene rings is 3. The fourth-order valence-electron chi connectivity index (χ4n) is 10.4. The van der Waals surface area contributed by atoms with E-state index in [9.17, 15) is 45.7 Å². The molecular formula is C52H60I6N3O10S3+. The molecule has 0 bridgehead atoms. The van der Waals surface area contributed by atoms with E-state index in [0.717, 1.165) is 96.3 Å². The molecule has 0 saturated heterocycles. The molecule has 3 aliphatic rings. The molecule has 74 heavy (non-hydrogen) atoms. The van der Waals surface area contributed by atoms with Crippen LogP contribution in [0.1, 0.15) is 109 Å². The first kappa shape index (κ1) is 62.6. The summed E-state index contributed by atoms with van der Waals surface area (Å²) in [5.41, 5.74) is 6.08. The third-order valence-corrected chi connectivity index (χ3v) is 26.9. The molecule has 3 atom stereocenters. The molecule has 6 rings (SSSR count). The monoisotopic (exact) mass is 1740 g/mol. The topological polar surface area (TPSA) is 193 Å². The van der Waals surface area contributed by atoms with E-state index >= 15 is 0 Å². The number of thioether (sulfide) groups is 1. The number of carboxylic acid groups (broad SMARTS) is 2. The molecule has 2 aliphatic heterocycles. The van der Waals surface area contributed by atoms with Crippen molar-refractivity contribution in [3.05, 3.63) is 115 Å². The van der Waals surface area contributed by atoms with E-state index in [2.05, 4.69) is 190 Å². The molecule has 0 saturated carbocycles. The average molecular weight is 1740 g/mol. The summed E-state index contributed by atoms with van der Waals surface area (Å²) in [6, 6.07) is 12.3. The molecule has 402 valence electrons. The van der Waals surface area contributed by atoms with Crippen molar-refractivity contribution in [2.75, 3.05) is 42.1 Å². The van der Waals surface area contributed by atoms with Gasteiger partial charge in [0, 0.05) is 98.4 Å². The number of allylic oxidation sites excluding steroid dienone is 7. The maximum absolute atomic E-state index is 13.5. The predicted octanol–water partition coefficient (Wildman–Crippen LogP) is 14.2. The maximum atomic E-state index is 13.5. The van der Waals surface area contributed by atoms with E-state index in [1.54, 1.807) is 16.7 Å². The SMILES string of the molecule is CCCCC(C(=O)O)C1(C)/C(=C/C=C2\CCCC(/C=C/C3=[N+](CCCS(=O)(=O)O)c4cc(I)c(I)c(I)c4C3(C)CCCCCC(=O)O)=C2Sc2ccc(N(C)C)cc2)N(CS(=O)(=O)O)c2cc(I)c(I)c(I)c21. The number of hydrogen-bond donors (Lipinski definition) is 4. The summed E-state index contributed by atoms with van der Waals surface area (Å²) in [6.07, 6.45) is 15.1. The largest absolute Gasteiger partial charge is 0.481 e. The molecule has 0 fully saturated rings. The first-order valence-corrected chi connectivity index (χ1v) is 34.6. The molecule has 13 nitrogen and oxygen atoms in total. The molecule has 0 spiro atoms. The van der Waals surface area contributed by atoms with E-state index in [-0.39, 0.29) is 12.8 Å². The lowest BCUT2D eigenvalue weighted by molar-refractivity contribution is -0.437. The van der Waals surface area contributed by atoms with Crippen molar-refractivity contribution in [1.29, 1.82) is 0 Å². The second-order valence-electron chi connectivity index (χ2n) is 19.4. The van der Waals surface area contributed by atoms with Crippen LogP contribution in [0, 0.1) is 27.3 Å². The van der Waals surface area contributed by atoms with Gasteiger partial charge in [0.2, 0.25) is 5.69 Å². The van der Waals surface area contributed by atoms with Crippen LogP contribution < -0.4 is 9.80 Å². The van der Waals surface area contributed by atoms with Crippen LogP contribution in [0.25, 0.3) is 0 Å². The summed E-state index contributed by atoms with van der Waals surface area (Å²) in [6.45, 7) is 6.45. The lowest BCUT2D eigenvalue weighted by Gasteiger charge is -2.35. The number of unbranched alkanes of at least 4 members (excludes halogenated alkanes) is 3. The van der Waals surface area contributed by atoms with Gasteiger partial charge in [0.05, 0.1) is 22.6 Å². The molecule has 0 amide bonds. The Labute approximate surface area is 522 Å². The summed E-state index contributed by atoms with van der Waals surface area (Å²) < 4.78 is 78.6. The zero-order chi connectivity index (χ0) is 54.7. The third kappa shape index (κ3) is 14.5. The zero-order valence-corrected chi connectivity index (χ0v) is 56.9. The molecule has 2 heterocycles. The van der Waals surface area contributed by atoms with Crippen molar-refractivity contribution in [1.82, 2.24) is 0 Å². The van der Waals surface area contributed by atoms with Crippen molar-refractivity contribution in [3.8, 4) is 0 Å². The number of carboxylic acids is 2. The van der Waals surface area contributed by atoms with Gasteiger partial charge >= 0.3 is 11.9 Å². The lowest BCUT2D eigenvalue weighted by atomic mass is 9.69. The van der Waals surface area contributed by atoms with Gasteiger partial charge in [-0.1, -0.05) is 56.5 Å². The summed E-state index contributed by atoms with van der Waals surface area (Å²) in [7, 11) is -4.89. The number of nitrogens with zero attached hydrogens (tertiary/aromatic N) is 3. The van der Waals surface area contributed by atoms with Gasteiger partial charge in [-0.3, -0.25) is 18.7 Å². The number of fused-ring (bicyclic) bond motifs is 2. The molecule has 3 aromatic rings. The number of halogens is 6. The van der Waals surface area contributed by atoms with Gasteiger partial charge in [-0.05, 0) is 235 Å². The highest BCUT2D eigenvalue weighted by molar-refractivity contribution is 14.1. The average Bonchev–Trinajstić information content (AvgIpc) is 3.67. The number of hydrogen-bond acceptors (Lipinski definition) is 9. The maximum Gasteiger partial charge on any atom is 0.307 e. The Hall–Kier alpha value is -0.620. The Morgan fingerprint density at radius 1 is 0.824 bits per heavy atom. The van der Waals surface area contributed by atoms with Crippen LogP contribution in [0.3, 0.4) is 0 Å². The van der Waals surface area contributed by atoms with Crippen LogP contribution in [0.5, 0.6) is 0 Å². The number of aliphatic carboxylic acids is 2. The smallest absolute Gasteiger partial charge is 0.307 e. The fraction of sp³-hybridized carbons (Fsp3) is 0.442. The standard InChI is InChI=1S/C52H59I6N3O10S3/c1-6-7-15-35(50(64)65)52(3)41(61(30-74(69,70)71)39-29-37(54)46(56)48(58)44(39)52)24-18-32-14-11-13-31(49(32)72-34-21-19-33(20-22-34)59(4)5)17-23-40-51(2,25-10-8-9-16-42(62)63)43-38(28-36(53)45(55)47(43)57)60(40)26-12-27-73(66,67)68/h17-24,28-29,35H,6-16,25-27,30H2,1-5H3,(H3-,62,63,64,65,66,67,68,69,70,71)/p+1. The molecule has 3 unspecified atom stereocenters. The Morgan fingerprint density at radius 2 is 1.47 bits per heavy atom. The van der Waals surface area contributed by atoms with Gasteiger partial charge in [-0.2, -0.15) is 21.4 Å². The van der Waals surface area contributed by atoms with Crippen LogP contribution in [0.4, 0.5) is 17.1 Å². The molecule has 0 aromatic heterocycles. The zero-order valence-electron chi connectivity index (χ0n) is 41.5. The number of anilines is 2. The van der Waals surface area contributed by atoms with Gasteiger partial charge in [0.15, 0.2) is 11.6 Å². The first-order chi connectivity index (χ1) is 34.6. The van der Waals surface area contributed by atoms with Gasteiger partial charge in [-0.25, -0.2) is 0 Å². The van der Waals surface area contributed by atoms with Crippen LogP contribution in [0.15, 0.2) is 87.3 Å². The van der Waals surface area contributed by atoms with Crippen molar-refractivity contribution < 1.29 is 50.3 Å². The lowest BCUT2D eigenvalue weighted by Crippen LogP contribution is -2.41. The minimum atomic E-state index is -4.62. The van der Waals surface area contributed by atoms with E-state index in [0.29, 0.717) is 56.5 Å².